The summed E-state index contributed by atoms with van der Waals surface area (Å²) in [5.74, 6) is 1.02. The van der Waals surface area contributed by atoms with Crippen LogP contribution in [0.2, 0.25) is 10.0 Å². The molecule has 0 saturated heterocycles. The van der Waals surface area contributed by atoms with Gasteiger partial charge in [0.05, 0.1) is 20.8 Å². The minimum absolute atomic E-state index is 0.227. The molecule has 5 nitrogen and oxygen atoms in total. The largest absolute Gasteiger partial charge is 0.454 e. The van der Waals surface area contributed by atoms with Crippen LogP contribution in [0.25, 0.3) is 10.2 Å². The molecule has 2 heterocycles. The van der Waals surface area contributed by atoms with E-state index < -0.39 is 5.91 Å². The molecular weight excluding hydrogens is 395 g/mol. The number of hydrogen-bond donors (Lipinski definition) is 0. The van der Waals surface area contributed by atoms with E-state index in [1.165, 1.54) is 17.4 Å². The van der Waals surface area contributed by atoms with Crippen molar-refractivity contribution >= 4 is 50.7 Å². The fraction of sp³-hybridized carbons (Fsp3) is 0.222. The molecule has 0 radical (unpaired) electrons. The van der Waals surface area contributed by atoms with Crippen LogP contribution in [-0.4, -0.2) is 17.3 Å². The van der Waals surface area contributed by atoms with Crippen molar-refractivity contribution in [3.05, 3.63) is 50.7 Å². The Labute approximate surface area is 163 Å². The van der Waals surface area contributed by atoms with Crippen LogP contribution < -0.4 is 14.3 Å². The van der Waals surface area contributed by atoms with Crippen molar-refractivity contribution in [3.8, 4) is 11.5 Å². The SMILES string of the molecule is CCCn1c(=NC(=O)c2ccc(Cl)cc2Cl)sc2cc3c(cc21)OCO3. The van der Waals surface area contributed by atoms with Crippen molar-refractivity contribution in [3.63, 3.8) is 0 Å². The second kappa shape index (κ2) is 6.95. The molecular formula is C18H14Cl2N2O3S. The summed E-state index contributed by atoms with van der Waals surface area (Å²) < 4.78 is 13.9. The minimum Gasteiger partial charge on any atom is -0.454 e. The lowest BCUT2D eigenvalue weighted by molar-refractivity contribution is 0.0998. The van der Waals surface area contributed by atoms with E-state index in [0.29, 0.717) is 26.9 Å². The van der Waals surface area contributed by atoms with Crippen LogP contribution in [0.15, 0.2) is 35.3 Å². The number of nitrogens with zero attached hydrogens (tertiary/aromatic N) is 2. The maximum Gasteiger partial charge on any atom is 0.281 e. The summed E-state index contributed by atoms with van der Waals surface area (Å²) in [6, 6.07) is 8.61. The first-order chi connectivity index (χ1) is 12.6. The van der Waals surface area contributed by atoms with Crippen LogP contribution >= 0.6 is 34.5 Å². The molecule has 3 aromatic rings. The van der Waals surface area contributed by atoms with Crippen LogP contribution in [-0.2, 0) is 6.54 Å². The molecule has 0 spiro atoms. The summed E-state index contributed by atoms with van der Waals surface area (Å²) in [7, 11) is 0. The smallest absolute Gasteiger partial charge is 0.281 e. The first-order valence-corrected chi connectivity index (χ1v) is 9.61. The highest BCUT2D eigenvalue weighted by atomic mass is 35.5. The topological polar surface area (TPSA) is 52.8 Å². The summed E-state index contributed by atoms with van der Waals surface area (Å²) >= 11 is 13.5. The predicted octanol–water partition coefficient (Wildman–Crippen LogP) is 4.89. The average Bonchev–Trinajstić information content (AvgIpc) is 3.17. The molecule has 4 rings (SSSR count). The number of fused-ring (bicyclic) bond motifs is 2. The number of ether oxygens (including phenoxy) is 2. The minimum atomic E-state index is -0.400. The van der Waals surface area contributed by atoms with Crippen molar-refractivity contribution in [1.29, 1.82) is 0 Å². The number of amides is 1. The summed E-state index contributed by atoms with van der Waals surface area (Å²) in [4.78, 5) is 17.6. The van der Waals surface area contributed by atoms with E-state index in [2.05, 4.69) is 11.9 Å². The summed E-state index contributed by atoms with van der Waals surface area (Å²) in [6.07, 6.45) is 0.906. The third-order valence-electron chi connectivity index (χ3n) is 3.98. The molecule has 1 aliphatic rings. The Kier molecular flexibility index (Phi) is 4.65. The summed E-state index contributed by atoms with van der Waals surface area (Å²) in [5, 5.41) is 0.763. The predicted molar refractivity (Wildman–Crippen MR) is 103 cm³/mol. The zero-order chi connectivity index (χ0) is 18.3. The Bertz CT molecular complexity index is 1090. The Hall–Kier alpha value is -2.02. The van der Waals surface area contributed by atoms with E-state index in [-0.39, 0.29) is 11.8 Å². The molecule has 0 saturated carbocycles. The molecule has 2 aromatic carbocycles. The van der Waals surface area contributed by atoms with Gasteiger partial charge in [-0.15, -0.1) is 0 Å². The molecule has 134 valence electrons. The third kappa shape index (κ3) is 3.09. The average molecular weight is 409 g/mol. The van der Waals surface area contributed by atoms with Crippen LogP contribution in [0, 0.1) is 0 Å². The van der Waals surface area contributed by atoms with Gasteiger partial charge in [0.1, 0.15) is 0 Å². The summed E-state index contributed by atoms with van der Waals surface area (Å²) in [6.45, 7) is 3.04. The molecule has 0 unspecified atom stereocenters. The lowest BCUT2D eigenvalue weighted by Gasteiger charge is -2.04. The van der Waals surface area contributed by atoms with Crippen LogP contribution in [0.4, 0.5) is 0 Å². The quantitative estimate of drug-likeness (QED) is 0.619. The van der Waals surface area contributed by atoms with Crippen molar-refractivity contribution in [2.24, 2.45) is 4.99 Å². The standard InChI is InChI=1S/C18H14Cl2N2O3S/c1-2-5-22-13-7-14-15(25-9-24-14)8-16(13)26-18(22)21-17(23)11-4-3-10(19)6-12(11)20/h3-4,6-8H,2,5,9H2,1H3. The molecule has 8 heteroatoms. The highest BCUT2D eigenvalue weighted by Crippen LogP contribution is 2.37. The van der Waals surface area contributed by atoms with Gasteiger partial charge in [-0.2, -0.15) is 4.99 Å². The number of thiazole rings is 1. The highest BCUT2D eigenvalue weighted by molar-refractivity contribution is 7.16. The van der Waals surface area contributed by atoms with Crippen LogP contribution in [0.5, 0.6) is 11.5 Å². The van der Waals surface area contributed by atoms with Crippen molar-refractivity contribution < 1.29 is 14.3 Å². The zero-order valence-corrected chi connectivity index (χ0v) is 16.1. The van der Waals surface area contributed by atoms with Gasteiger partial charge < -0.3 is 14.0 Å². The Morgan fingerprint density at radius 2 is 2.00 bits per heavy atom. The monoisotopic (exact) mass is 408 g/mol. The number of halogens is 2. The van der Waals surface area contributed by atoms with E-state index >= 15 is 0 Å². The van der Waals surface area contributed by atoms with Gasteiger partial charge in [0, 0.05) is 23.7 Å². The van der Waals surface area contributed by atoms with Gasteiger partial charge >= 0.3 is 0 Å². The molecule has 1 aromatic heterocycles. The summed E-state index contributed by atoms with van der Waals surface area (Å²) in [5.41, 5.74) is 1.29. The lowest BCUT2D eigenvalue weighted by atomic mass is 10.2. The van der Waals surface area contributed by atoms with Crippen molar-refractivity contribution in [1.82, 2.24) is 4.57 Å². The van der Waals surface area contributed by atoms with Gasteiger partial charge in [-0.3, -0.25) is 4.79 Å². The Morgan fingerprint density at radius 3 is 2.73 bits per heavy atom. The molecule has 0 atom stereocenters. The van der Waals surface area contributed by atoms with Crippen molar-refractivity contribution in [2.45, 2.75) is 19.9 Å². The molecule has 0 bridgehead atoms. The molecule has 1 aliphatic heterocycles. The molecule has 0 fully saturated rings. The first kappa shape index (κ1) is 17.4. The van der Waals surface area contributed by atoms with E-state index in [1.807, 2.05) is 16.7 Å². The molecule has 1 amide bonds. The number of aryl methyl sites for hydroxylation is 1. The van der Waals surface area contributed by atoms with E-state index in [4.69, 9.17) is 32.7 Å². The maximum atomic E-state index is 12.6. The van der Waals surface area contributed by atoms with E-state index in [0.717, 1.165) is 23.2 Å². The number of hydrogen-bond acceptors (Lipinski definition) is 4. The first-order valence-electron chi connectivity index (χ1n) is 8.04. The van der Waals surface area contributed by atoms with Gasteiger partial charge in [0.25, 0.3) is 5.91 Å². The van der Waals surface area contributed by atoms with E-state index in [1.54, 1.807) is 12.1 Å². The van der Waals surface area contributed by atoms with Gasteiger partial charge in [-0.1, -0.05) is 41.5 Å². The number of aromatic nitrogens is 1. The number of carbonyl (C=O) groups is 1. The third-order valence-corrected chi connectivity index (χ3v) is 5.57. The van der Waals surface area contributed by atoms with Gasteiger partial charge in [0.15, 0.2) is 16.3 Å². The fourth-order valence-corrected chi connectivity index (χ4v) is 4.35. The number of carbonyl (C=O) groups excluding carboxylic acids is 1. The Morgan fingerprint density at radius 1 is 1.23 bits per heavy atom. The number of rotatable bonds is 3. The van der Waals surface area contributed by atoms with Crippen LogP contribution in [0.3, 0.4) is 0 Å². The number of benzene rings is 2. The zero-order valence-electron chi connectivity index (χ0n) is 13.8. The van der Waals surface area contributed by atoms with Crippen molar-refractivity contribution in [2.75, 3.05) is 6.79 Å². The fourth-order valence-electron chi connectivity index (χ4n) is 2.79. The maximum absolute atomic E-state index is 12.6. The lowest BCUT2D eigenvalue weighted by Crippen LogP contribution is -2.17. The normalized spacial score (nSPS) is 13.6. The molecule has 0 N–H and O–H groups in total. The highest BCUT2D eigenvalue weighted by Gasteiger charge is 2.18. The second-order valence-electron chi connectivity index (χ2n) is 5.75. The van der Waals surface area contributed by atoms with Gasteiger partial charge in [-0.05, 0) is 24.6 Å². The van der Waals surface area contributed by atoms with Gasteiger partial charge in [-0.25, -0.2) is 0 Å². The molecule has 0 aliphatic carbocycles. The Balaban J connectivity index is 1.85. The molecule has 26 heavy (non-hydrogen) atoms. The van der Waals surface area contributed by atoms with Gasteiger partial charge in [0.2, 0.25) is 6.79 Å². The second-order valence-corrected chi connectivity index (χ2v) is 7.60. The van der Waals surface area contributed by atoms with E-state index in [9.17, 15) is 4.79 Å². The van der Waals surface area contributed by atoms with Crippen LogP contribution in [0.1, 0.15) is 23.7 Å².